The molecule has 7 nitrogen and oxygen atoms in total. The van der Waals surface area contributed by atoms with Crippen molar-refractivity contribution in [3.8, 4) is 5.75 Å². The Hall–Kier alpha value is -2.61. The molecule has 0 spiro atoms. The summed E-state index contributed by atoms with van der Waals surface area (Å²) in [4.78, 5) is 28.8. The average molecular weight is 556 g/mol. The van der Waals surface area contributed by atoms with E-state index in [1.54, 1.807) is 25.3 Å². The topological polar surface area (TPSA) is 79.9 Å². The Morgan fingerprint density at radius 1 is 1.08 bits per heavy atom. The van der Waals surface area contributed by atoms with Crippen LogP contribution in [0.1, 0.15) is 54.9 Å². The smallest absolute Gasteiger partial charge is 0.254 e. The van der Waals surface area contributed by atoms with Gasteiger partial charge in [0, 0.05) is 57.9 Å². The van der Waals surface area contributed by atoms with Gasteiger partial charge in [0.15, 0.2) is 0 Å². The minimum atomic E-state index is -0.0800. The lowest BCUT2D eigenvalue weighted by atomic mass is 9.91. The van der Waals surface area contributed by atoms with Crippen LogP contribution in [0.25, 0.3) is 0 Å². The molecule has 8 heteroatoms. The minimum Gasteiger partial charge on any atom is -0.492 e. The molecular formula is C31H42ClN3O4. The van der Waals surface area contributed by atoms with Gasteiger partial charge < -0.3 is 25.0 Å². The van der Waals surface area contributed by atoms with Gasteiger partial charge in [0.2, 0.25) is 5.91 Å². The number of methoxy groups -OCH3 is 1. The highest BCUT2D eigenvalue weighted by molar-refractivity contribution is 6.32. The number of amides is 2. The van der Waals surface area contributed by atoms with Crippen molar-refractivity contribution in [3.63, 3.8) is 0 Å². The van der Waals surface area contributed by atoms with E-state index in [1.807, 2.05) is 36.9 Å². The summed E-state index contributed by atoms with van der Waals surface area (Å²) in [5.41, 5.74) is 1.65. The first-order valence-corrected chi connectivity index (χ1v) is 14.5. The molecule has 0 aromatic heterocycles. The maximum Gasteiger partial charge on any atom is 0.254 e. The molecule has 2 amide bonds. The molecule has 1 heterocycles. The van der Waals surface area contributed by atoms with Crippen LogP contribution in [0.2, 0.25) is 5.02 Å². The molecule has 0 bridgehead atoms. The molecule has 2 aliphatic rings. The fourth-order valence-corrected chi connectivity index (χ4v) is 5.56. The van der Waals surface area contributed by atoms with Gasteiger partial charge in [-0.15, -0.1) is 0 Å². The van der Waals surface area contributed by atoms with Crippen LogP contribution in [0.4, 0.5) is 0 Å². The monoisotopic (exact) mass is 555 g/mol. The molecule has 2 N–H and O–H groups in total. The normalized spacial score (nSPS) is 19.6. The molecule has 212 valence electrons. The van der Waals surface area contributed by atoms with Crippen LogP contribution >= 0.6 is 11.6 Å². The van der Waals surface area contributed by atoms with E-state index in [0.29, 0.717) is 48.6 Å². The van der Waals surface area contributed by atoms with E-state index in [2.05, 4.69) is 22.8 Å². The largest absolute Gasteiger partial charge is 0.492 e. The molecule has 1 saturated carbocycles. The SMILES string of the molecule is COCCCOc1cc(C(=O)N(C[C@@H]2CNC[C@H]2CNC(=O)C(c2ccccc2)C2CC2)C(C)C)ccc1Cl. The third-order valence-electron chi connectivity index (χ3n) is 7.80. The van der Waals surface area contributed by atoms with Gasteiger partial charge in [-0.3, -0.25) is 9.59 Å². The van der Waals surface area contributed by atoms with Gasteiger partial charge in [0.1, 0.15) is 5.75 Å². The van der Waals surface area contributed by atoms with Gasteiger partial charge >= 0.3 is 0 Å². The summed E-state index contributed by atoms with van der Waals surface area (Å²) < 4.78 is 10.9. The molecule has 2 aromatic rings. The lowest BCUT2D eigenvalue weighted by Gasteiger charge is -2.32. The van der Waals surface area contributed by atoms with Crippen LogP contribution in [-0.4, -0.2) is 69.3 Å². The highest BCUT2D eigenvalue weighted by Gasteiger charge is 2.38. The summed E-state index contributed by atoms with van der Waals surface area (Å²) in [5, 5.41) is 7.22. The third kappa shape index (κ3) is 7.96. The number of nitrogens with one attached hydrogen (secondary N) is 2. The third-order valence-corrected chi connectivity index (χ3v) is 8.11. The molecule has 1 aliphatic carbocycles. The maximum absolute atomic E-state index is 13.6. The molecule has 0 radical (unpaired) electrons. The zero-order valence-corrected chi connectivity index (χ0v) is 24.1. The molecule has 1 saturated heterocycles. The zero-order valence-electron chi connectivity index (χ0n) is 23.3. The first kappa shape index (κ1) is 29.4. The Balaban J connectivity index is 1.37. The summed E-state index contributed by atoms with van der Waals surface area (Å²) >= 11 is 6.33. The molecule has 2 aromatic carbocycles. The minimum absolute atomic E-state index is 0.0208. The van der Waals surface area contributed by atoms with Crippen molar-refractivity contribution in [2.75, 3.05) is 46.5 Å². The van der Waals surface area contributed by atoms with E-state index in [0.717, 1.165) is 37.9 Å². The van der Waals surface area contributed by atoms with Gasteiger partial charge in [-0.25, -0.2) is 0 Å². The van der Waals surface area contributed by atoms with E-state index in [-0.39, 0.29) is 35.6 Å². The van der Waals surface area contributed by atoms with Crippen LogP contribution < -0.4 is 15.4 Å². The van der Waals surface area contributed by atoms with E-state index >= 15 is 0 Å². The summed E-state index contributed by atoms with van der Waals surface area (Å²) in [6.45, 7) is 7.99. The summed E-state index contributed by atoms with van der Waals surface area (Å²) in [7, 11) is 1.65. The van der Waals surface area contributed by atoms with E-state index in [1.165, 1.54) is 0 Å². The highest BCUT2D eigenvalue weighted by atomic mass is 35.5. The van der Waals surface area contributed by atoms with Crippen molar-refractivity contribution in [1.29, 1.82) is 0 Å². The number of carbonyl (C=O) groups is 2. The Bertz CT molecular complexity index is 1090. The first-order chi connectivity index (χ1) is 18.9. The predicted octanol–water partition coefficient (Wildman–Crippen LogP) is 4.75. The van der Waals surface area contributed by atoms with Gasteiger partial charge in [0.05, 0.1) is 17.5 Å². The molecular weight excluding hydrogens is 514 g/mol. The lowest BCUT2D eigenvalue weighted by molar-refractivity contribution is -0.123. The van der Waals surface area contributed by atoms with Crippen LogP contribution in [0.3, 0.4) is 0 Å². The maximum atomic E-state index is 13.6. The number of benzene rings is 2. The average Bonchev–Trinajstić information content (AvgIpc) is 3.66. The molecule has 2 fully saturated rings. The second-order valence-electron chi connectivity index (χ2n) is 11.0. The van der Waals surface area contributed by atoms with Crippen LogP contribution in [0.15, 0.2) is 48.5 Å². The molecule has 1 unspecified atom stereocenters. The number of halogens is 1. The molecule has 1 aliphatic heterocycles. The fourth-order valence-electron chi connectivity index (χ4n) is 5.39. The van der Waals surface area contributed by atoms with E-state index < -0.39 is 0 Å². The Labute approximate surface area is 237 Å². The second-order valence-corrected chi connectivity index (χ2v) is 11.4. The van der Waals surface area contributed by atoms with Crippen molar-refractivity contribution in [2.24, 2.45) is 17.8 Å². The number of carbonyl (C=O) groups excluding carboxylic acids is 2. The second kappa shape index (κ2) is 14.1. The van der Waals surface area contributed by atoms with Crippen molar-refractivity contribution >= 4 is 23.4 Å². The van der Waals surface area contributed by atoms with Crippen LogP contribution in [0.5, 0.6) is 5.75 Å². The molecule has 3 atom stereocenters. The van der Waals surface area contributed by atoms with Gasteiger partial charge in [-0.2, -0.15) is 0 Å². The number of hydrogen-bond acceptors (Lipinski definition) is 5. The zero-order chi connectivity index (χ0) is 27.8. The van der Waals surface area contributed by atoms with Crippen LogP contribution in [-0.2, 0) is 9.53 Å². The highest BCUT2D eigenvalue weighted by Crippen LogP contribution is 2.42. The first-order valence-electron chi connectivity index (χ1n) is 14.1. The molecule has 39 heavy (non-hydrogen) atoms. The van der Waals surface area contributed by atoms with Gasteiger partial charge in [-0.1, -0.05) is 41.9 Å². The predicted molar refractivity (Wildman–Crippen MR) is 154 cm³/mol. The number of hydrogen-bond donors (Lipinski definition) is 2. The lowest BCUT2D eigenvalue weighted by Crippen LogP contribution is -2.44. The van der Waals surface area contributed by atoms with Crippen molar-refractivity contribution < 1.29 is 19.1 Å². The number of rotatable bonds is 14. The molecule has 4 rings (SSSR count). The Kier molecular flexibility index (Phi) is 10.7. The summed E-state index contributed by atoms with van der Waals surface area (Å²) in [5.74, 6) is 1.43. The number of ether oxygens (including phenoxy) is 2. The summed E-state index contributed by atoms with van der Waals surface area (Å²) in [6.07, 6.45) is 2.95. The Morgan fingerprint density at radius 3 is 2.51 bits per heavy atom. The standard InChI is InChI=1S/C31H42ClN3O4/c1-21(2)35(31(37)24-12-13-27(32)28(16-24)39-15-7-14-38-3)20-26-18-33-17-25(26)19-34-30(36)29(23-10-11-23)22-8-5-4-6-9-22/h4-6,8-9,12-13,16,21,23,25-26,29,33H,7,10-11,14-15,17-20H2,1-3H3,(H,34,36)/t25-,26-,29?/m0/s1. The van der Waals surface area contributed by atoms with Crippen molar-refractivity contribution in [1.82, 2.24) is 15.5 Å². The van der Waals surface area contributed by atoms with Gasteiger partial charge in [0.25, 0.3) is 5.91 Å². The number of nitrogens with zero attached hydrogens (tertiary/aromatic N) is 1. The summed E-state index contributed by atoms with van der Waals surface area (Å²) in [6, 6.07) is 15.3. The van der Waals surface area contributed by atoms with E-state index in [4.69, 9.17) is 21.1 Å². The van der Waals surface area contributed by atoms with Crippen LogP contribution in [0, 0.1) is 17.8 Å². The van der Waals surface area contributed by atoms with Gasteiger partial charge in [-0.05, 0) is 68.2 Å². The quantitative estimate of drug-likeness (QED) is 0.329. The van der Waals surface area contributed by atoms with Crippen molar-refractivity contribution in [3.05, 3.63) is 64.7 Å². The Morgan fingerprint density at radius 2 is 1.82 bits per heavy atom. The van der Waals surface area contributed by atoms with E-state index in [9.17, 15) is 9.59 Å². The van der Waals surface area contributed by atoms with Crippen molar-refractivity contribution in [2.45, 2.75) is 45.1 Å². The fraction of sp³-hybridized carbons (Fsp3) is 0.548.